The second kappa shape index (κ2) is 8.14. The summed E-state index contributed by atoms with van der Waals surface area (Å²) in [4.78, 5) is 22.5. The second-order valence-electron chi connectivity index (χ2n) is 7.42. The van der Waals surface area contributed by atoms with Gasteiger partial charge in [-0.25, -0.2) is 0 Å². The zero-order valence-electron chi connectivity index (χ0n) is 15.0. The third-order valence-corrected chi connectivity index (χ3v) is 5.48. The minimum Gasteiger partial charge on any atom is -0.483 e. The SMILES string of the molecule is O=C(O)[C@]1(CC2CC2)CN(Cc2ccc3c(c2)OCO3)CC[C@H]1O.O=CO. The van der Waals surface area contributed by atoms with Crippen molar-refractivity contribution in [1.29, 1.82) is 0 Å². The molecule has 8 nitrogen and oxygen atoms in total. The van der Waals surface area contributed by atoms with Gasteiger partial charge in [0.05, 0.1) is 6.10 Å². The molecule has 1 aromatic rings. The first-order chi connectivity index (χ1) is 13.0. The predicted molar refractivity (Wildman–Crippen MR) is 94.6 cm³/mol. The number of piperidine rings is 1. The van der Waals surface area contributed by atoms with Crippen molar-refractivity contribution in [3.63, 3.8) is 0 Å². The lowest BCUT2D eigenvalue weighted by atomic mass is 9.73. The van der Waals surface area contributed by atoms with Crippen LogP contribution < -0.4 is 9.47 Å². The standard InChI is InChI=1S/C18H23NO5.CH2O2/c20-16-5-6-19(10-18(16,17(21)22)8-12-1-2-12)9-13-3-4-14-15(7-13)24-11-23-14;2-1-3/h3-4,7,12,16,20H,1-2,5-6,8-11H2,(H,21,22);1H,(H,2,3)/t16-,18-;/m1./s1. The molecule has 148 valence electrons. The van der Waals surface area contributed by atoms with Gasteiger partial charge in [0.15, 0.2) is 11.5 Å². The highest BCUT2D eigenvalue weighted by molar-refractivity contribution is 5.76. The number of ether oxygens (including phenoxy) is 2. The van der Waals surface area contributed by atoms with Crippen molar-refractivity contribution in [3.8, 4) is 11.5 Å². The molecule has 2 heterocycles. The number of carboxylic acid groups (broad SMARTS) is 2. The van der Waals surface area contributed by atoms with Crippen LogP contribution in [0.25, 0.3) is 0 Å². The van der Waals surface area contributed by atoms with Gasteiger partial charge in [0, 0.05) is 19.6 Å². The van der Waals surface area contributed by atoms with E-state index in [0.717, 1.165) is 29.9 Å². The van der Waals surface area contributed by atoms with Crippen molar-refractivity contribution in [1.82, 2.24) is 4.90 Å². The molecular weight excluding hydrogens is 354 g/mol. The van der Waals surface area contributed by atoms with Crippen LogP contribution in [0.1, 0.15) is 31.2 Å². The number of benzene rings is 1. The Balaban J connectivity index is 0.000000659. The van der Waals surface area contributed by atoms with Gasteiger partial charge in [0.1, 0.15) is 5.41 Å². The quantitative estimate of drug-likeness (QED) is 0.660. The normalized spacial score (nSPS) is 26.8. The smallest absolute Gasteiger partial charge is 0.313 e. The molecule has 1 aromatic carbocycles. The van der Waals surface area contributed by atoms with E-state index in [1.807, 2.05) is 18.2 Å². The van der Waals surface area contributed by atoms with E-state index in [1.165, 1.54) is 0 Å². The zero-order chi connectivity index (χ0) is 19.4. The van der Waals surface area contributed by atoms with E-state index in [-0.39, 0.29) is 13.3 Å². The minimum atomic E-state index is -1.03. The summed E-state index contributed by atoms with van der Waals surface area (Å²) in [5, 5.41) is 27.1. The number of carboxylic acids is 1. The van der Waals surface area contributed by atoms with E-state index < -0.39 is 17.5 Å². The molecule has 0 spiro atoms. The molecule has 0 amide bonds. The second-order valence-corrected chi connectivity index (χ2v) is 7.42. The van der Waals surface area contributed by atoms with E-state index in [1.54, 1.807) is 0 Å². The van der Waals surface area contributed by atoms with Gasteiger partial charge in [-0.2, -0.15) is 0 Å². The lowest BCUT2D eigenvalue weighted by molar-refractivity contribution is -0.165. The van der Waals surface area contributed by atoms with Gasteiger partial charge in [-0.15, -0.1) is 0 Å². The van der Waals surface area contributed by atoms with Crippen LogP contribution >= 0.6 is 0 Å². The number of likely N-dealkylation sites (tertiary alicyclic amines) is 1. The van der Waals surface area contributed by atoms with Crippen LogP contribution in [0.15, 0.2) is 18.2 Å². The molecular formula is C19H25NO7. The number of nitrogens with zero attached hydrogens (tertiary/aromatic N) is 1. The van der Waals surface area contributed by atoms with Crippen LogP contribution in [0.4, 0.5) is 0 Å². The Morgan fingerprint density at radius 3 is 2.63 bits per heavy atom. The molecule has 2 atom stereocenters. The summed E-state index contributed by atoms with van der Waals surface area (Å²) < 4.78 is 10.7. The van der Waals surface area contributed by atoms with Gasteiger partial charge in [-0.05, 0) is 36.5 Å². The first-order valence-corrected chi connectivity index (χ1v) is 9.08. The number of aliphatic hydroxyl groups is 1. The Morgan fingerprint density at radius 2 is 1.96 bits per heavy atom. The van der Waals surface area contributed by atoms with Gasteiger partial charge >= 0.3 is 5.97 Å². The molecule has 4 rings (SSSR count). The number of aliphatic hydroxyl groups excluding tert-OH is 1. The van der Waals surface area contributed by atoms with Gasteiger partial charge in [0.2, 0.25) is 6.79 Å². The summed E-state index contributed by atoms with van der Waals surface area (Å²) >= 11 is 0. The molecule has 0 bridgehead atoms. The Bertz CT molecular complexity index is 691. The van der Waals surface area contributed by atoms with Crippen molar-refractivity contribution in [2.75, 3.05) is 19.9 Å². The number of rotatable bonds is 5. The Labute approximate surface area is 157 Å². The Kier molecular flexibility index (Phi) is 5.86. The zero-order valence-corrected chi connectivity index (χ0v) is 15.0. The minimum absolute atomic E-state index is 0.248. The maximum absolute atomic E-state index is 12.0. The summed E-state index contributed by atoms with van der Waals surface area (Å²) in [5.74, 6) is 1.09. The Morgan fingerprint density at radius 1 is 1.26 bits per heavy atom. The average Bonchev–Trinajstić information content (AvgIpc) is 3.32. The number of fused-ring (bicyclic) bond motifs is 1. The van der Waals surface area contributed by atoms with Crippen LogP contribution in [0.5, 0.6) is 11.5 Å². The summed E-state index contributed by atoms with van der Waals surface area (Å²) in [6, 6.07) is 5.84. The van der Waals surface area contributed by atoms with E-state index in [2.05, 4.69) is 4.90 Å². The van der Waals surface area contributed by atoms with Crippen molar-refractivity contribution in [2.45, 2.75) is 38.3 Å². The van der Waals surface area contributed by atoms with Crippen molar-refractivity contribution < 1.29 is 34.4 Å². The number of aliphatic carboxylic acids is 1. The molecule has 3 aliphatic rings. The van der Waals surface area contributed by atoms with Gasteiger partial charge in [-0.1, -0.05) is 18.9 Å². The number of hydrogen-bond acceptors (Lipinski definition) is 6. The highest BCUT2D eigenvalue weighted by Gasteiger charge is 2.51. The maximum atomic E-state index is 12.0. The highest BCUT2D eigenvalue weighted by Crippen LogP contribution is 2.45. The molecule has 0 unspecified atom stereocenters. The monoisotopic (exact) mass is 379 g/mol. The average molecular weight is 379 g/mol. The van der Waals surface area contributed by atoms with Gasteiger partial charge < -0.3 is 24.8 Å². The number of carbonyl (C=O) groups is 2. The molecule has 1 saturated heterocycles. The first kappa shape index (κ1) is 19.4. The summed E-state index contributed by atoms with van der Waals surface area (Å²) in [5.41, 5.74) is 0.0387. The van der Waals surface area contributed by atoms with E-state index in [9.17, 15) is 15.0 Å². The van der Waals surface area contributed by atoms with Gasteiger partial charge in [0.25, 0.3) is 6.47 Å². The summed E-state index contributed by atoms with van der Waals surface area (Å²) in [7, 11) is 0. The fourth-order valence-electron chi connectivity index (χ4n) is 3.93. The topological polar surface area (TPSA) is 117 Å². The van der Waals surface area contributed by atoms with Crippen LogP contribution in [0, 0.1) is 11.3 Å². The maximum Gasteiger partial charge on any atom is 0.313 e. The lowest BCUT2D eigenvalue weighted by Gasteiger charge is -2.43. The van der Waals surface area contributed by atoms with Crippen LogP contribution in [0.3, 0.4) is 0 Å². The van der Waals surface area contributed by atoms with Crippen molar-refractivity contribution in [3.05, 3.63) is 23.8 Å². The third kappa shape index (κ3) is 4.33. The van der Waals surface area contributed by atoms with Crippen LogP contribution in [-0.2, 0) is 16.1 Å². The van der Waals surface area contributed by atoms with E-state index >= 15 is 0 Å². The fourth-order valence-corrected chi connectivity index (χ4v) is 3.93. The van der Waals surface area contributed by atoms with E-state index in [0.29, 0.717) is 38.4 Å². The van der Waals surface area contributed by atoms with Gasteiger partial charge in [-0.3, -0.25) is 14.5 Å². The largest absolute Gasteiger partial charge is 0.483 e. The van der Waals surface area contributed by atoms with E-state index in [4.69, 9.17) is 19.4 Å². The first-order valence-electron chi connectivity index (χ1n) is 9.08. The third-order valence-electron chi connectivity index (χ3n) is 5.48. The predicted octanol–water partition coefficient (Wildman–Crippen LogP) is 1.55. The van der Waals surface area contributed by atoms with Crippen LogP contribution in [-0.4, -0.2) is 58.6 Å². The molecule has 0 radical (unpaired) electrons. The fraction of sp³-hybridized carbons (Fsp3) is 0.579. The summed E-state index contributed by atoms with van der Waals surface area (Å²) in [6.07, 6.45) is 2.50. The van der Waals surface area contributed by atoms with Crippen molar-refractivity contribution >= 4 is 12.4 Å². The number of hydrogen-bond donors (Lipinski definition) is 3. The summed E-state index contributed by atoms with van der Waals surface area (Å²) in [6.45, 7) is 1.75. The molecule has 27 heavy (non-hydrogen) atoms. The van der Waals surface area contributed by atoms with Crippen LogP contribution in [0.2, 0.25) is 0 Å². The highest BCUT2D eigenvalue weighted by atomic mass is 16.7. The molecule has 3 N–H and O–H groups in total. The molecule has 0 aromatic heterocycles. The molecule has 2 fully saturated rings. The molecule has 1 aliphatic carbocycles. The lowest BCUT2D eigenvalue weighted by Crippen LogP contribution is -2.55. The van der Waals surface area contributed by atoms with Crippen molar-refractivity contribution in [2.24, 2.45) is 11.3 Å². The molecule has 2 aliphatic heterocycles. The molecule has 1 saturated carbocycles. The molecule has 8 heteroatoms. The Hall–Kier alpha value is -2.32.